The van der Waals surface area contributed by atoms with E-state index < -0.39 is 27.8 Å². The van der Waals surface area contributed by atoms with Crippen molar-refractivity contribution in [2.75, 3.05) is 12.0 Å². The Morgan fingerprint density at radius 1 is 1.43 bits per heavy atom. The number of carbonyl (C=O) groups is 2. The van der Waals surface area contributed by atoms with E-state index in [9.17, 15) is 18.0 Å². The molecule has 0 bridgehead atoms. The molecule has 1 rings (SSSR count). The van der Waals surface area contributed by atoms with Gasteiger partial charge in [0, 0.05) is 25.1 Å². The number of nitrogens with zero attached hydrogens (tertiary/aromatic N) is 1. The number of carboxylic acid groups (broad SMARTS) is 1. The molecule has 0 aromatic carbocycles. The van der Waals surface area contributed by atoms with E-state index in [4.69, 9.17) is 5.11 Å². The Bertz CT molecular complexity index is 586. The maximum absolute atomic E-state index is 11.7. The van der Waals surface area contributed by atoms with Gasteiger partial charge in [-0.3, -0.25) is 9.78 Å². The lowest BCUT2D eigenvalue weighted by atomic mass is 10.1. The van der Waals surface area contributed by atoms with Crippen LogP contribution >= 0.6 is 0 Å². The largest absolute Gasteiger partial charge is 0.480 e. The number of rotatable bonds is 8. The zero-order chi connectivity index (χ0) is 15.9. The molecule has 1 atom stereocenters. The fourth-order valence-corrected chi connectivity index (χ4v) is 2.32. The van der Waals surface area contributed by atoms with Crippen molar-refractivity contribution in [3.63, 3.8) is 0 Å². The van der Waals surface area contributed by atoms with Crippen molar-refractivity contribution in [2.24, 2.45) is 0 Å². The fraction of sp³-hybridized carbons (Fsp3) is 0.462. The molecule has 1 amide bonds. The Morgan fingerprint density at radius 2 is 2.14 bits per heavy atom. The van der Waals surface area contributed by atoms with Gasteiger partial charge < -0.3 is 10.4 Å². The summed E-state index contributed by atoms with van der Waals surface area (Å²) in [6.45, 7) is 0. The molecule has 116 valence electrons. The van der Waals surface area contributed by atoms with Gasteiger partial charge in [0.05, 0.1) is 5.75 Å². The highest BCUT2D eigenvalue weighted by Gasteiger charge is 2.21. The van der Waals surface area contributed by atoms with Crippen LogP contribution in [0.1, 0.15) is 18.4 Å². The first kappa shape index (κ1) is 17.1. The minimum Gasteiger partial charge on any atom is -0.480 e. The monoisotopic (exact) mass is 314 g/mol. The maximum atomic E-state index is 11.7. The van der Waals surface area contributed by atoms with Crippen molar-refractivity contribution in [3.8, 4) is 0 Å². The number of aliphatic carboxylic acids is 1. The molecule has 0 aliphatic carbocycles. The molecule has 1 aromatic rings. The van der Waals surface area contributed by atoms with E-state index in [1.807, 2.05) is 6.07 Å². The van der Waals surface area contributed by atoms with Crippen molar-refractivity contribution < 1.29 is 23.1 Å². The summed E-state index contributed by atoms with van der Waals surface area (Å²) in [7, 11) is -3.27. The summed E-state index contributed by atoms with van der Waals surface area (Å²) in [5.41, 5.74) is 0.871. The van der Waals surface area contributed by atoms with Crippen LogP contribution in [0, 0.1) is 0 Å². The number of hydrogen-bond donors (Lipinski definition) is 2. The molecule has 0 aliphatic heterocycles. The molecule has 0 saturated heterocycles. The van der Waals surface area contributed by atoms with Crippen LogP contribution in [0.5, 0.6) is 0 Å². The van der Waals surface area contributed by atoms with Gasteiger partial charge in [0.25, 0.3) is 0 Å². The van der Waals surface area contributed by atoms with Gasteiger partial charge in [-0.25, -0.2) is 13.2 Å². The second-order valence-corrected chi connectivity index (χ2v) is 7.00. The summed E-state index contributed by atoms with van der Waals surface area (Å²) in [5, 5.41) is 11.3. The van der Waals surface area contributed by atoms with E-state index >= 15 is 0 Å². The van der Waals surface area contributed by atoms with E-state index in [-0.39, 0.29) is 18.6 Å². The van der Waals surface area contributed by atoms with Crippen LogP contribution in [0.2, 0.25) is 0 Å². The van der Waals surface area contributed by atoms with E-state index in [2.05, 4.69) is 10.3 Å². The average Bonchev–Trinajstić information content (AvgIpc) is 2.41. The number of pyridine rings is 1. The van der Waals surface area contributed by atoms with Gasteiger partial charge >= 0.3 is 5.97 Å². The van der Waals surface area contributed by atoms with Crippen molar-refractivity contribution in [3.05, 3.63) is 30.1 Å². The Morgan fingerprint density at radius 3 is 2.67 bits per heavy atom. The number of nitrogens with one attached hydrogen (secondary N) is 1. The first-order valence-corrected chi connectivity index (χ1v) is 8.43. The lowest BCUT2D eigenvalue weighted by Crippen LogP contribution is -2.42. The third kappa shape index (κ3) is 7.40. The summed E-state index contributed by atoms with van der Waals surface area (Å²) in [6.07, 6.45) is 4.69. The zero-order valence-corrected chi connectivity index (χ0v) is 12.5. The minimum atomic E-state index is -3.27. The van der Waals surface area contributed by atoms with Crippen LogP contribution in [0.3, 0.4) is 0 Å². The van der Waals surface area contributed by atoms with E-state index in [0.717, 1.165) is 11.8 Å². The number of amides is 1. The SMILES string of the molecule is CS(=O)(=O)CCC(NC(=O)CCc1cccnc1)C(=O)O. The summed E-state index contributed by atoms with van der Waals surface area (Å²) in [6, 6.07) is 2.37. The Balaban J connectivity index is 2.47. The average molecular weight is 314 g/mol. The third-order valence-electron chi connectivity index (χ3n) is 2.77. The Labute approximate surface area is 123 Å². The standard InChI is InChI=1S/C13H18N2O5S/c1-21(19,20)8-6-11(13(17)18)15-12(16)5-4-10-3-2-7-14-9-10/h2-3,7,9,11H,4-6,8H2,1H3,(H,15,16)(H,17,18). The molecule has 0 spiro atoms. The summed E-state index contributed by atoms with van der Waals surface area (Å²) >= 11 is 0. The van der Waals surface area contributed by atoms with E-state index in [0.29, 0.717) is 6.42 Å². The molecule has 0 radical (unpaired) electrons. The molecular weight excluding hydrogens is 296 g/mol. The second-order valence-electron chi connectivity index (χ2n) is 4.74. The van der Waals surface area contributed by atoms with Crippen molar-refractivity contribution >= 4 is 21.7 Å². The van der Waals surface area contributed by atoms with Crippen LogP contribution in [0.25, 0.3) is 0 Å². The van der Waals surface area contributed by atoms with Crippen molar-refractivity contribution in [1.29, 1.82) is 0 Å². The van der Waals surface area contributed by atoms with Gasteiger partial charge in [0.2, 0.25) is 5.91 Å². The number of carboxylic acids is 1. The molecule has 7 nitrogen and oxygen atoms in total. The Hall–Kier alpha value is -1.96. The van der Waals surface area contributed by atoms with Crippen LogP contribution in [-0.4, -0.2) is 48.4 Å². The molecule has 8 heteroatoms. The molecule has 0 aliphatic rings. The molecule has 1 unspecified atom stereocenters. The highest BCUT2D eigenvalue weighted by Crippen LogP contribution is 2.02. The molecule has 21 heavy (non-hydrogen) atoms. The predicted octanol–water partition coefficient (Wildman–Crippen LogP) is 0.0183. The minimum absolute atomic E-state index is 0.119. The van der Waals surface area contributed by atoms with Gasteiger partial charge in [0.15, 0.2) is 0 Å². The molecule has 0 saturated carbocycles. The predicted molar refractivity (Wildman–Crippen MR) is 76.5 cm³/mol. The number of hydrogen-bond acceptors (Lipinski definition) is 5. The molecular formula is C13H18N2O5S. The molecule has 1 aromatic heterocycles. The van der Waals surface area contributed by atoms with Gasteiger partial charge in [0.1, 0.15) is 15.9 Å². The topological polar surface area (TPSA) is 113 Å². The number of aryl methyl sites for hydroxylation is 1. The van der Waals surface area contributed by atoms with Gasteiger partial charge in [-0.2, -0.15) is 0 Å². The Kier molecular flexibility index (Phi) is 6.29. The van der Waals surface area contributed by atoms with Gasteiger partial charge in [-0.05, 0) is 24.5 Å². The first-order valence-electron chi connectivity index (χ1n) is 6.37. The van der Waals surface area contributed by atoms with Crippen molar-refractivity contribution in [1.82, 2.24) is 10.3 Å². The van der Waals surface area contributed by atoms with Crippen LogP contribution in [0.4, 0.5) is 0 Å². The zero-order valence-electron chi connectivity index (χ0n) is 11.7. The quantitative estimate of drug-likeness (QED) is 0.699. The van der Waals surface area contributed by atoms with Crippen LogP contribution in [0.15, 0.2) is 24.5 Å². The number of aromatic nitrogens is 1. The normalized spacial score (nSPS) is 12.6. The smallest absolute Gasteiger partial charge is 0.326 e. The summed E-state index contributed by atoms with van der Waals surface area (Å²) < 4.78 is 22.1. The maximum Gasteiger partial charge on any atom is 0.326 e. The van der Waals surface area contributed by atoms with Crippen LogP contribution < -0.4 is 5.32 Å². The van der Waals surface area contributed by atoms with E-state index in [1.54, 1.807) is 18.5 Å². The van der Waals surface area contributed by atoms with Gasteiger partial charge in [-0.15, -0.1) is 0 Å². The molecule has 2 N–H and O–H groups in total. The lowest BCUT2D eigenvalue weighted by molar-refractivity contribution is -0.141. The lowest BCUT2D eigenvalue weighted by Gasteiger charge is -2.13. The number of sulfone groups is 1. The summed E-state index contributed by atoms with van der Waals surface area (Å²) in [4.78, 5) is 26.6. The summed E-state index contributed by atoms with van der Waals surface area (Å²) in [5.74, 6) is -1.96. The number of carbonyl (C=O) groups excluding carboxylic acids is 1. The highest BCUT2D eigenvalue weighted by molar-refractivity contribution is 7.90. The molecule has 0 fully saturated rings. The van der Waals surface area contributed by atoms with Crippen molar-refractivity contribution in [2.45, 2.75) is 25.3 Å². The third-order valence-corrected chi connectivity index (χ3v) is 3.75. The molecule has 1 heterocycles. The highest BCUT2D eigenvalue weighted by atomic mass is 32.2. The van der Waals surface area contributed by atoms with E-state index in [1.165, 1.54) is 0 Å². The van der Waals surface area contributed by atoms with Crippen LogP contribution in [-0.2, 0) is 25.8 Å². The van der Waals surface area contributed by atoms with Gasteiger partial charge in [-0.1, -0.05) is 6.07 Å². The second kappa shape index (κ2) is 7.72. The first-order chi connectivity index (χ1) is 9.78. The fourth-order valence-electron chi connectivity index (χ4n) is 1.66.